The summed E-state index contributed by atoms with van der Waals surface area (Å²) in [7, 11) is 0. The molecule has 3 rings (SSSR count). The van der Waals surface area contributed by atoms with Gasteiger partial charge in [-0.2, -0.15) is 0 Å². The van der Waals surface area contributed by atoms with Gasteiger partial charge in [0, 0.05) is 24.1 Å². The molecule has 2 aromatic rings. The van der Waals surface area contributed by atoms with E-state index in [9.17, 15) is 9.59 Å². The third-order valence-corrected chi connectivity index (χ3v) is 5.12. The van der Waals surface area contributed by atoms with Crippen molar-refractivity contribution in [2.24, 2.45) is 5.92 Å². The maximum atomic E-state index is 12.3. The lowest BCUT2D eigenvalue weighted by molar-refractivity contribution is -0.125. The largest absolute Gasteiger partial charge is 0.452 e. The highest BCUT2D eigenvalue weighted by Crippen LogP contribution is 2.32. The zero-order valence-electron chi connectivity index (χ0n) is 14.7. The van der Waals surface area contributed by atoms with E-state index in [2.05, 4.69) is 15.5 Å². The van der Waals surface area contributed by atoms with Crippen molar-refractivity contribution in [3.8, 4) is 0 Å². The first-order valence-electron chi connectivity index (χ1n) is 8.49. The fourth-order valence-electron chi connectivity index (χ4n) is 2.51. The minimum Gasteiger partial charge on any atom is -0.452 e. The van der Waals surface area contributed by atoms with E-state index in [1.165, 1.54) is 11.8 Å². The number of hydrogen-bond acceptors (Lipinski definition) is 7. The number of aromatic nitrogens is 2. The number of rotatable bonds is 8. The molecule has 2 aromatic heterocycles. The van der Waals surface area contributed by atoms with Crippen molar-refractivity contribution in [2.45, 2.75) is 43.5 Å². The Bertz CT molecular complexity index is 788. The molecule has 0 bridgehead atoms. The summed E-state index contributed by atoms with van der Waals surface area (Å²) in [6.07, 6.45) is 3.89. The Balaban J connectivity index is 1.54. The van der Waals surface area contributed by atoms with Crippen molar-refractivity contribution in [2.75, 3.05) is 6.61 Å². The molecule has 0 spiro atoms. The maximum absolute atomic E-state index is 12.3. The average molecular weight is 375 g/mol. The second-order valence-corrected chi connectivity index (χ2v) is 7.31. The summed E-state index contributed by atoms with van der Waals surface area (Å²) in [5.74, 6) is 0.956. The lowest BCUT2D eigenvalue weighted by Gasteiger charge is -2.13. The van der Waals surface area contributed by atoms with E-state index in [0.717, 1.165) is 24.3 Å². The molecule has 1 N–H and O–H groups in total. The first kappa shape index (κ1) is 18.4. The maximum Gasteiger partial charge on any atom is 0.341 e. The van der Waals surface area contributed by atoms with Crippen molar-refractivity contribution in [3.05, 3.63) is 41.4 Å². The van der Waals surface area contributed by atoms with Gasteiger partial charge in [0.15, 0.2) is 6.61 Å². The molecule has 0 saturated heterocycles. The number of amides is 1. The monoisotopic (exact) mass is 375 g/mol. The van der Waals surface area contributed by atoms with Crippen LogP contribution in [-0.4, -0.2) is 34.7 Å². The Morgan fingerprint density at radius 2 is 2.27 bits per heavy atom. The molecule has 1 fully saturated rings. The van der Waals surface area contributed by atoms with Gasteiger partial charge >= 0.3 is 5.97 Å². The Hall–Kier alpha value is -2.35. The van der Waals surface area contributed by atoms with Gasteiger partial charge in [0.1, 0.15) is 10.8 Å². The quantitative estimate of drug-likeness (QED) is 0.560. The minimum atomic E-state index is -0.564. The van der Waals surface area contributed by atoms with Crippen LogP contribution in [-0.2, 0) is 15.3 Å². The van der Waals surface area contributed by atoms with Crippen LogP contribution in [0.2, 0.25) is 0 Å². The van der Waals surface area contributed by atoms with Gasteiger partial charge in [-0.05, 0) is 44.7 Å². The van der Waals surface area contributed by atoms with E-state index >= 15 is 0 Å². The molecular weight excluding hydrogens is 354 g/mol. The topological polar surface area (TPSA) is 94.3 Å². The molecule has 0 unspecified atom stereocenters. The van der Waals surface area contributed by atoms with E-state index in [4.69, 9.17) is 9.26 Å². The molecule has 7 nitrogen and oxygen atoms in total. The fourth-order valence-corrected chi connectivity index (χ4v) is 3.37. The molecule has 1 aliphatic rings. The zero-order valence-corrected chi connectivity index (χ0v) is 15.5. The van der Waals surface area contributed by atoms with Crippen LogP contribution < -0.4 is 5.32 Å². The number of nitrogens with zero attached hydrogens (tertiary/aromatic N) is 2. The van der Waals surface area contributed by atoms with Gasteiger partial charge in [0.2, 0.25) is 0 Å². The van der Waals surface area contributed by atoms with Crippen LogP contribution in [0.5, 0.6) is 0 Å². The Kier molecular flexibility index (Phi) is 5.92. The molecule has 26 heavy (non-hydrogen) atoms. The molecule has 1 atom stereocenters. The molecule has 2 heterocycles. The van der Waals surface area contributed by atoms with Crippen LogP contribution in [0.15, 0.2) is 33.9 Å². The van der Waals surface area contributed by atoms with E-state index in [0.29, 0.717) is 22.3 Å². The summed E-state index contributed by atoms with van der Waals surface area (Å²) in [5, 5.41) is 7.31. The number of thioether (sulfide) groups is 1. The van der Waals surface area contributed by atoms with Crippen LogP contribution in [0.25, 0.3) is 0 Å². The van der Waals surface area contributed by atoms with E-state index in [1.54, 1.807) is 18.3 Å². The predicted molar refractivity (Wildman–Crippen MR) is 95.6 cm³/mol. The van der Waals surface area contributed by atoms with Gasteiger partial charge in [-0.1, -0.05) is 16.9 Å². The Morgan fingerprint density at radius 1 is 1.46 bits per heavy atom. The normalized spacial score (nSPS) is 14.7. The summed E-state index contributed by atoms with van der Waals surface area (Å²) in [4.78, 5) is 28.5. The lowest BCUT2D eigenvalue weighted by atomic mass is 10.2. The van der Waals surface area contributed by atoms with E-state index in [-0.39, 0.29) is 18.6 Å². The molecular formula is C18H21N3O4S. The van der Waals surface area contributed by atoms with Crippen LogP contribution in [0.4, 0.5) is 0 Å². The average Bonchev–Trinajstić information content (AvgIpc) is 3.40. The number of ether oxygens (including phenoxy) is 1. The Morgan fingerprint density at radius 3 is 2.96 bits per heavy atom. The summed E-state index contributed by atoms with van der Waals surface area (Å²) in [5.41, 5.74) is 1.10. The standard InChI is InChI=1S/C18H21N3O4S/c1-11-8-14(21-25-11)10-26-17-15(4-3-7-19-17)18(23)24-9-16(22)20-12(2)13-5-6-13/h3-4,7-8,12-13H,5-6,9-10H2,1-2H3,(H,20,22)/t12-/m1/s1. The predicted octanol–water partition coefficient (Wildman–Crippen LogP) is 2.74. The molecule has 0 aliphatic heterocycles. The number of carbonyl (C=O) groups excluding carboxylic acids is 2. The second kappa shape index (κ2) is 8.35. The number of hydrogen-bond donors (Lipinski definition) is 1. The fraction of sp³-hybridized carbons (Fsp3) is 0.444. The van der Waals surface area contributed by atoms with Crippen molar-refractivity contribution in [3.63, 3.8) is 0 Å². The molecule has 0 radical (unpaired) electrons. The first-order chi connectivity index (χ1) is 12.5. The summed E-state index contributed by atoms with van der Waals surface area (Å²) >= 11 is 1.36. The van der Waals surface area contributed by atoms with Gasteiger partial charge in [0.05, 0.1) is 11.3 Å². The third-order valence-electron chi connectivity index (χ3n) is 4.08. The second-order valence-electron chi connectivity index (χ2n) is 6.34. The van der Waals surface area contributed by atoms with Gasteiger partial charge in [-0.3, -0.25) is 4.79 Å². The third kappa shape index (κ3) is 5.08. The lowest BCUT2D eigenvalue weighted by Crippen LogP contribution is -2.37. The molecule has 138 valence electrons. The number of carbonyl (C=O) groups is 2. The molecule has 1 saturated carbocycles. The van der Waals surface area contributed by atoms with Crippen LogP contribution >= 0.6 is 11.8 Å². The van der Waals surface area contributed by atoms with Crippen molar-refractivity contribution >= 4 is 23.6 Å². The van der Waals surface area contributed by atoms with Crippen molar-refractivity contribution < 1.29 is 18.8 Å². The highest BCUT2D eigenvalue weighted by Gasteiger charge is 2.29. The highest BCUT2D eigenvalue weighted by molar-refractivity contribution is 7.98. The number of esters is 1. The Labute approximate surface area is 155 Å². The van der Waals surface area contributed by atoms with Gasteiger partial charge in [-0.25, -0.2) is 9.78 Å². The van der Waals surface area contributed by atoms with Crippen LogP contribution in [0.3, 0.4) is 0 Å². The zero-order chi connectivity index (χ0) is 18.5. The number of aryl methyl sites for hydroxylation is 1. The first-order valence-corrected chi connectivity index (χ1v) is 9.48. The van der Waals surface area contributed by atoms with Gasteiger partial charge in [-0.15, -0.1) is 0 Å². The van der Waals surface area contributed by atoms with Crippen molar-refractivity contribution in [1.29, 1.82) is 0 Å². The summed E-state index contributed by atoms with van der Waals surface area (Å²) in [6.45, 7) is 3.50. The number of nitrogens with one attached hydrogen (secondary N) is 1. The molecule has 0 aromatic carbocycles. The van der Waals surface area contributed by atoms with E-state index < -0.39 is 5.97 Å². The molecule has 1 aliphatic carbocycles. The van der Waals surface area contributed by atoms with Crippen molar-refractivity contribution in [1.82, 2.24) is 15.5 Å². The summed E-state index contributed by atoms with van der Waals surface area (Å²) in [6, 6.07) is 5.25. The number of pyridine rings is 1. The van der Waals surface area contributed by atoms with Crippen LogP contribution in [0, 0.1) is 12.8 Å². The smallest absolute Gasteiger partial charge is 0.341 e. The van der Waals surface area contributed by atoms with Gasteiger partial charge in [0.25, 0.3) is 5.91 Å². The van der Waals surface area contributed by atoms with Crippen LogP contribution in [0.1, 0.15) is 41.6 Å². The molecule has 1 amide bonds. The van der Waals surface area contributed by atoms with Gasteiger partial charge < -0.3 is 14.6 Å². The SMILES string of the molecule is Cc1cc(CSc2ncccc2C(=O)OCC(=O)N[C@H](C)C2CC2)no1. The minimum absolute atomic E-state index is 0.122. The van der Waals surface area contributed by atoms with E-state index in [1.807, 2.05) is 19.9 Å². The molecule has 8 heteroatoms. The summed E-state index contributed by atoms with van der Waals surface area (Å²) < 4.78 is 10.2. The highest BCUT2D eigenvalue weighted by atomic mass is 32.2.